The fraction of sp³-hybridized carbons (Fsp3) is 0. The van der Waals surface area contributed by atoms with Crippen molar-refractivity contribution >= 4 is 57.1 Å². The van der Waals surface area contributed by atoms with E-state index in [2.05, 4.69) is 0 Å². The van der Waals surface area contributed by atoms with E-state index in [9.17, 15) is 0 Å². The second-order valence-corrected chi connectivity index (χ2v) is 0. The van der Waals surface area contributed by atoms with Gasteiger partial charge in [-0.3, -0.25) is 0 Å². The van der Waals surface area contributed by atoms with E-state index >= 15 is 0 Å². The second kappa shape index (κ2) is 55.8. The van der Waals surface area contributed by atoms with Gasteiger partial charge in [0.1, 0.15) is 0 Å². The minimum absolute atomic E-state index is 0. The Balaban J connectivity index is 0. The van der Waals surface area contributed by atoms with Crippen LogP contribution >= 0.6 is 0 Å². The van der Waals surface area contributed by atoms with Gasteiger partial charge in [0.15, 0.2) is 0 Å². The molecule has 0 heterocycles. The van der Waals surface area contributed by atoms with Crippen molar-refractivity contribution in [1.82, 2.24) is 0 Å². The molecule has 0 aromatic heterocycles. The van der Waals surface area contributed by atoms with E-state index in [0.29, 0.717) is 0 Å². The predicted octanol–water partition coefficient (Wildman–Crippen LogP) is -1.52. The third-order valence-corrected chi connectivity index (χ3v) is 0. The fourth-order valence-electron chi connectivity index (χ4n) is 0. The van der Waals surface area contributed by atoms with Crippen molar-refractivity contribution in [2.24, 2.45) is 0 Å². The van der Waals surface area contributed by atoms with Crippen LogP contribution in [0.3, 0.4) is 0 Å². The van der Waals surface area contributed by atoms with Crippen molar-refractivity contribution in [3.05, 3.63) is 0 Å². The Bertz CT molecular complexity index is 12.9. The van der Waals surface area contributed by atoms with Crippen molar-refractivity contribution in [1.29, 1.82) is 0 Å². The Morgan fingerprint density at radius 1 is 0.333 bits per heavy atom. The first kappa shape index (κ1) is 67.4. The summed E-state index contributed by atoms with van der Waals surface area (Å²) in [6.07, 6.45) is 0. The van der Waals surface area contributed by atoms with E-state index in [0.717, 1.165) is 0 Å². The molecule has 0 amide bonds. The van der Waals surface area contributed by atoms with E-state index in [-0.39, 0.29) is 257 Å². The van der Waals surface area contributed by atoms with Crippen LogP contribution in [0.5, 0.6) is 0 Å². The van der Waals surface area contributed by atoms with Gasteiger partial charge in [-0.15, -0.1) is 0 Å². The Morgan fingerprint density at radius 2 is 0.333 bits per heavy atom. The van der Waals surface area contributed by atoms with Gasteiger partial charge in [-0.2, -0.15) is 0 Å². The van der Waals surface area contributed by atoms with Crippen LogP contribution in [-0.2, 0) is 0 Å². The van der Waals surface area contributed by atoms with Gasteiger partial charge in [-0.1, -0.05) is 0 Å². The summed E-state index contributed by atoms with van der Waals surface area (Å²) in [7, 11) is 0. The molecule has 0 aliphatic rings. The minimum Gasteiger partial charge on any atom is 0 e. The van der Waals surface area contributed by atoms with E-state index in [1.165, 1.54) is 0 Å². The molecule has 0 aromatic rings. The van der Waals surface area contributed by atoms with Crippen LogP contribution < -0.4 is 0 Å². The molecule has 9 heavy (non-hydrogen) atoms. The zero-order chi connectivity index (χ0) is 0. The molecular formula is Gd5Ge2Si2. The molecule has 0 atom stereocenters. The van der Waals surface area contributed by atoms with Crippen molar-refractivity contribution in [2.75, 3.05) is 0 Å². The van der Waals surface area contributed by atoms with Gasteiger partial charge in [0.2, 0.25) is 0 Å². The van der Waals surface area contributed by atoms with E-state index in [4.69, 9.17) is 0 Å². The monoisotopic (exact) mass is 993 g/mol. The Labute approximate surface area is 248 Å². The van der Waals surface area contributed by atoms with Crippen molar-refractivity contribution in [3.8, 4) is 0 Å². The van der Waals surface area contributed by atoms with Gasteiger partial charge in [-0.05, 0) is 0 Å². The molecule has 0 N–H and O–H groups in total. The second-order valence-electron chi connectivity index (χ2n) is 0. The zero-order valence-corrected chi connectivity index (χ0v) is 21.3. The summed E-state index contributed by atoms with van der Waals surface area (Å²) in [5.74, 6) is 0. The maximum atomic E-state index is 0. The molecule has 56 valence electrons. The van der Waals surface area contributed by atoms with Crippen LogP contribution in [0.2, 0.25) is 0 Å². The van der Waals surface area contributed by atoms with E-state index < -0.39 is 0 Å². The topological polar surface area (TPSA) is 0 Å². The largest absolute Gasteiger partial charge is 0 e. The molecule has 0 aliphatic carbocycles. The number of hydrogen-bond donors (Lipinski definition) is 0. The standard InChI is InChI=1S/5Gd.2Ge.2Si. The molecule has 0 bridgehead atoms. The molecular weight excluding hydrogens is 988 g/mol. The van der Waals surface area contributed by atoms with Gasteiger partial charge in [-0.25, -0.2) is 0 Å². The molecule has 0 fully saturated rings. The summed E-state index contributed by atoms with van der Waals surface area (Å²) < 4.78 is 0. The molecule has 9 heteroatoms. The summed E-state index contributed by atoms with van der Waals surface area (Å²) in [5.41, 5.74) is 0. The fourth-order valence-corrected chi connectivity index (χ4v) is 0. The molecule has 0 aliphatic heterocycles. The molecule has 0 saturated carbocycles. The van der Waals surface area contributed by atoms with Gasteiger partial charge in [0, 0.05) is 257 Å². The van der Waals surface area contributed by atoms with Crippen LogP contribution in [0, 0.1) is 200 Å². The zero-order valence-electron chi connectivity index (χ0n) is 3.77. The molecule has 0 nitrogen and oxygen atoms in total. The molecule has 0 saturated heterocycles. The number of rotatable bonds is 0. The van der Waals surface area contributed by atoms with E-state index in [1.807, 2.05) is 0 Å². The molecule has 0 spiro atoms. The quantitative estimate of drug-likeness (QED) is 0.259. The predicted molar refractivity (Wildman–Crippen MR) is 23.0 cm³/mol. The van der Waals surface area contributed by atoms with Gasteiger partial charge < -0.3 is 0 Å². The smallest absolute Gasteiger partial charge is 0 e. The Hall–Kier alpha value is 8.14. The maximum Gasteiger partial charge on any atom is 0 e. The normalized spacial score (nSPS) is 0. The molecule has 0 rings (SSSR count). The SMILES string of the molecule is [Gd].[Gd].[Gd].[Gd].[Gd].[Ge].[Ge].[Si].[Si]. The minimum atomic E-state index is 0. The summed E-state index contributed by atoms with van der Waals surface area (Å²) in [4.78, 5) is 0. The van der Waals surface area contributed by atoms with Crippen LogP contribution in [-0.4, -0.2) is 57.1 Å². The first-order valence-electron chi connectivity index (χ1n) is 0. The van der Waals surface area contributed by atoms with Crippen molar-refractivity contribution in [3.63, 3.8) is 0 Å². The third-order valence-electron chi connectivity index (χ3n) is 0. The van der Waals surface area contributed by atoms with Crippen LogP contribution in [0.4, 0.5) is 0 Å². The number of hydrogen-bond acceptors (Lipinski definition) is 0. The first-order chi connectivity index (χ1) is 0. The summed E-state index contributed by atoms with van der Waals surface area (Å²) >= 11 is 0. The third kappa shape index (κ3) is 48.7. The first-order valence-corrected chi connectivity index (χ1v) is 0. The van der Waals surface area contributed by atoms with E-state index in [1.54, 1.807) is 0 Å². The van der Waals surface area contributed by atoms with Crippen LogP contribution in [0.25, 0.3) is 0 Å². The Morgan fingerprint density at radius 3 is 0.333 bits per heavy atom. The molecule has 0 unspecified atom stereocenters. The summed E-state index contributed by atoms with van der Waals surface area (Å²) in [6, 6.07) is 0. The maximum absolute atomic E-state index is 0. The van der Waals surface area contributed by atoms with Gasteiger partial charge in [0.05, 0.1) is 0 Å². The van der Waals surface area contributed by atoms with Gasteiger partial charge >= 0.3 is 0 Å². The van der Waals surface area contributed by atoms with Crippen LogP contribution in [0.15, 0.2) is 0 Å². The summed E-state index contributed by atoms with van der Waals surface area (Å²) in [6.45, 7) is 0. The van der Waals surface area contributed by atoms with Crippen molar-refractivity contribution < 1.29 is 200 Å². The molecule has 16 radical (unpaired) electrons. The average Bonchev–Trinajstić information content (AvgIpc) is 0. The molecule has 0 aromatic carbocycles. The average molecular weight is 988 g/mol. The van der Waals surface area contributed by atoms with Crippen molar-refractivity contribution in [2.45, 2.75) is 0 Å². The Kier molecular flexibility index (Phi) is 418. The summed E-state index contributed by atoms with van der Waals surface area (Å²) in [5, 5.41) is 0. The van der Waals surface area contributed by atoms with Gasteiger partial charge in [0.25, 0.3) is 0 Å². The van der Waals surface area contributed by atoms with Crippen LogP contribution in [0.1, 0.15) is 0 Å².